The molecule has 0 aliphatic carbocycles. The number of esters is 1. The third kappa shape index (κ3) is 4.18. The van der Waals surface area contributed by atoms with Gasteiger partial charge in [0.1, 0.15) is 10.6 Å². The first-order valence-corrected chi connectivity index (χ1v) is 11.6. The zero-order valence-electron chi connectivity index (χ0n) is 17.9. The van der Waals surface area contributed by atoms with Gasteiger partial charge in [-0.2, -0.15) is 0 Å². The van der Waals surface area contributed by atoms with Crippen molar-refractivity contribution >= 4 is 63.1 Å². The lowest BCUT2D eigenvalue weighted by atomic mass is 9.95. The summed E-state index contributed by atoms with van der Waals surface area (Å²) in [5, 5.41) is 11.6. The summed E-state index contributed by atoms with van der Waals surface area (Å²) in [6, 6.07) is 6.61. The van der Waals surface area contributed by atoms with Crippen LogP contribution in [0.15, 0.2) is 48.3 Å². The van der Waals surface area contributed by atoms with Crippen molar-refractivity contribution < 1.29 is 24.2 Å². The van der Waals surface area contributed by atoms with Gasteiger partial charge >= 0.3 is 11.9 Å². The Morgan fingerprint density at radius 2 is 1.88 bits per heavy atom. The normalized spacial score (nSPS) is 17.3. The summed E-state index contributed by atoms with van der Waals surface area (Å²) >= 11 is 13.2. The largest absolute Gasteiger partial charge is 0.507 e. The molecule has 1 atom stereocenters. The van der Waals surface area contributed by atoms with Crippen molar-refractivity contribution in [3.05, 3.63) is 80.0 Å². The number of ether oxygens (including phenoxy) is 1. The molecule has 8 nitrogen and oxygen atoms in total. The molecule has 0 spiro atoms. The summed E-state index contributed by atoms with van der Waals surface area (Å²) in [6.45, 7) is 3.45. The zero-order chi connectivity index (χ0) is 24.6. The summed E-state index contributed by atoms with van der Waals surface area (Å²) in [7, 11) is 0. The van der Waals surface area contributed by atoms with E-state index >= 15 is 0 Å². The van der Waals surface area contributed by atoms with Gasteiger partial charge in [-0.1, -0.05) is 40.6 Å². The second kappa shape index (κ2) is 9.54. The lowest BCUT2D eigenvalue weighted by Gasteiger charge is -2.23. The third-order valence-corrected chi connectivity index (χ3v) is 6.99. The summed E-state index contributed by atoms with van der Waals surface area (Å²) in [4.78, 5) is 48.3. The van der Waals surface area contributed by atoms with E-state index in [0.717, 1.165) is 16.2 Å². The zero-order valence-corrected chi connectivity index (χ0v) is 20.2. The molecule has 1 saturated heterocycles. The van der Waals surface area contributed by atoms with Crippen molar-refractivity contribution in [2.24, 2.45) is 0 Å². The topological polar surface area (TPSA) is 110 Å². The van der Waals surface area contributed by atoms with Gasteiger partial charge in [0.25, 0.3) is 5.78 Å². The number of anilines is 1. The van der Waals surface area contributed by atoms with Crippen molar-refractivity contribution in [2.75, 3.05) is 11.5 Å². The molecule has 1 aliphatic heterocycles. The number of carbonyl (C=O) groups excluding carboxylic acids is 3. The number of thiazole rings is 1. The van der Waals surface area contributed by atoms with Crippen LogP contribution in [0, 0.1) is 6.92 Å². The standard InChI is InChI=1S/C23H17Cl2N3O5S/c1-3-33-22(32)20-11(2)27-23(34-20)28-17(13-4-5-14(24)15(25)10-13)16(19(30)21(28)31)18(29)12-6-8-26-9-7-12/h4-10,17,29H,3H2,1-2H3. The fourth-order valence-electron chi connectivity index (χ4n) is 3.56. The Kier molecular flexibility index (Phi) is 6.70. The van der Waals surface area contributed by atoms with Crippen LogP contribution < -0.4 is 4.90 Å². The van der Waals surface area contributed by atoms with Crippen LogP contribution in [0.25, 0.3) is 5.76 Å². The second-order valence-corrected chi connectivity index (χ2v) is 9.00. The number of Topliss-reactive ketones (excluding diaryl/α,β-unsaturated/α-hetero) is 1. The van der Waals surface area contributed by atoms with Gasteiger partial charge in [-0.05, 0) is 43.7 Å². The van der Waals surface area contributed by atoms with Gasteiger partial charge in [0.15, 0.2) is 5.13 Å². The maximum Gasteiger partial charge on any atom is 0.350 e. The minimum Gasteiger partial charge on any atom is -0.507 e. The van der Waals surface area contributed by atoms with Crippen LogP contribution in [-0.2, 0) is 14.3 Å². The molecule has 34 heavy (non-hydrogen) atoms. The first kappa shape index (κ1) is 23.9. The number of nitrogens with zero attached hydrogens (tertiary/aromatic N) is 3. The highest BCUT2D eigenvalue weighted by Gasteiger charge is 2.48. The lowest BCUT2D eigenvalue weighted by Crippen LogP contribution is -2.29. The van der Waals surface area contributed by atoms with Gasteiger partial charge in [-0.15, -0.1) is 0 Å². The van der Waals surface area contributed by atoms with Crippen molar-refractivity contribution in [1.82, 2.24) is 9.97 Å². The fourth-order valence-corrected chi connectivity index (χ4v) is 4.86. The van der Waals surface area contributed by atoms with Crippen LogP contribution in [0.2, 0.25) is 10.0 Å². The molecule has 0 saturated carbocycles. The Morgan fingerprint density at radius 1 is 1.18 bits per heavy atom. The van der Waals surface area contributed by atoms with Gasteiger partial charge in [0, 0.05) is 18.0 Å². The minimum absolute atomic E-state index is 0.104. The van der Waals surface area contributed by atoms with Crippen molar-refractivity contribution in [2.45, 2.75) is 19.9 Å². The van der Waals surface area contributed by atoms with E-state index < -0.39 is 23.7 Å². The summed E-state index contributed by atoms with van der Waals surface area (Å²) < 4.78 is 5.06. The molecule has 0 bridgehead atoms. The smallest absolute Gasteiger partial charge is 0.350 e. The average Bonchev–Trinajstić information content (AvgIpc) is 3.33. The van der Waals surface area contributed by atoms with Gasteiger partial charge in [-0.25, -0.2) is 9.78 Å². The van der Waals surface area contributed by atoms with E-state index in [1.807, 2.05) is 0 Å². The molecular weight excluding hydrogens is 501 g/mol. The Balaban J connectivity index is 1.93. The monoisotopic (exact) mass is 517 g/mol. The van der Waals surface area contributed by atoms with Crippen LogP contribution >= 0.6 is 34.5 Å². The van der Waals surface area contributed by atoms with Crippen LogP contribution in [0.4, 0.5) is 5.13 Å². The molecule has 2 aromatic heterocycles. The van der Waals surface area contributed by atoms with Gasteiger partial charge < -0.3 is 9.84 Å². The SMILES string of the molecule is CCOC(=O)c1sc(N2C(=O)C(=O)C(=C(O)c3ccncc3)C2c2ccc(Cl)c(Cl)c2)nc1C. The number of benzene rings is 1. The first-order valence-electron chi connectivity index (χ1n) is 10.1. The quantitative estimate of drug-likeness (QED) is 0.220. The number of aromatic nitrogens is 2. The molecule has 1 fully saturated rings. The Bertz CT molecular complexity index is 1340. The number of rotatable bonds is 5. The number of ketones is 1. The molecular formula is C23H17Cl2N3O5S. The van der Waals surface area contributed by atoms with Crippen LogP contribution in [0.5, 0.6) is 0 Å². The highest BCUT2D eigenvalue weighted by atomic mass is 35.5. The Hall–Kier alpha value is -3.27. The summed E-state index contributed by atoms with van der Waals surface area (Å²) in [5.74, 6) is -2.77. The maximum atomic E-state index is 13.2. The van der Waals surface area contributed by atoms with E-state index in [1.54, 1.807) is 19.9 Å². The molecule has 0 radical (unpaired) electrons. The van der Waals surface area contributed by atoms with Crippen molar-refractivity contribution in [1.29, 1.82) is 0 Å². The van der Waals surface area contributed by atoms with E-state index in [-0.39, 0.29) is 38.0 Å². The third-order valence-electron chi connectivity index (χ3n) is 5.11. The minimum atomic E-state index is -1.07. The predicted octanol–water partition coefficient (Wildman–Crippen LogP) is 4.96. The number of carbonyl (C=O) groups is 3. The molecule has 1 aromatic carbocycles. The van der Waals surface area contributed by atoms with E-state index in [2.05, 4.69) is 9.97 Å². The number of hydrogen-bond donors (Lipinski definition) is 1. The molecule has 1 N–H and O–H groups in total. The predicted molar refractivity (Wildman–Crippen MR) is 128 cm³/mol. The van der Waals surface area contributed by atoms with Gasteiger partial charge in [0.2, 0.25) is 0 Å². The molecule has 3 heterocycles. The number of aryl methyl sites for hydroxylation is 1. The number of pyridine rings is 1. The van der Waals surface area contributed by atoms with Gasteiger partial charge in [-0.3, -0.25) is 19.5 Å². The number of halogens is 2. The van der Waals surface area contributed by atoms with Crippen LogP contribution in [-0.4, -0.2) is 39.3 Å². The van der Waals surface area contributed by atoms with E-state index in [4.69, 9.17) is 27.9 Å². The fraction of sp³-hybridized carbons (Fsp3) is 0.174. The highest BCUT2D eigenvalue weighted by Crippen LogP contribution is 2.44. The molecule has 11 heteroatoms. The summed E-state index contributed by atoms with van der Waals surface area (Å²) in [6.07, 6.45) is 2.91. The molecule has 3 aromatic rings. The molecule has 1 aliphatic rings. The number of aliphatic hydroxyl groups excluding tert-OH is 1. The number of amides is 1. The van der Waals surface area contributed by atoms with Crippen LogP contribution in [0.3, 0.4) is 0 Å². The Morgan fingerprint density at radius 3 is 2.53 bits per heavy atom. The maximum absolute atomic E-state index is 13.2. The second-order valence-electron chi connectivity index (χ2n) is 7.21. The van der Waals surface area contributed by atoms with Gasteiger partial charge in [0.05, 0.1) is 34.0 Å². The highest BCUT2D eigenvalue weighted by molar-refractivity contribution is 7.17. The lowest BCUT2D eigenvalue weighted by molar-refractivity contribution is -0.132. The average molecular weight is 518 g/mol. The van der Waals surface area contributed by atoms with E-state index in [0.29, 0.717) is 16.8 Å². The molecule has 1 amide bonds. The first-order chi connectivity index (χ1) is 16.2. The Labute approximate surface area is 208 Å². The van der Waals surface area contributed by atoms with E-state index in [1.165, 1.54) is 36.7 Å². The van der Waals surface area contributed by atoms with Crippen molar-refractivity contribution in [3.63, 3.8) is 0 Å². The number of hydrogen-bond acceptors (Lipinski definition) is 8. The summed E-state index contributed by atoms with van der Waals surface area (Å²) in [5.41, 5.74) is 0.929. The number of aliphatic hydroxyl groups is 1. The van der Waals surface area contributed by atoms with Crippen LogP contribution in [0.1, 0.15) is 39.5 Å². The van der Waals surface area contributed by atoms with Crippen molar-refractivity contribution in [3.8, 4) is 0 Å². The molecule has 4 rings (SSSR count). The molecule has 1 unspecified atom stereocenters. The molecule has 174 valence electrons. The van der Waals surface area contributed by atoms with E-state index in [9.17, 15) is 19.5 Å².